The number of hydrogen-bond acceptors (Lipinski definition) is 6. The Hall–Kier alpha value is -1.55. The third kappa shape index (κ3) is 11.3. The van der Waals surface area contributed by atoms with Crippen LogP contribution >= 0.6 is 34.8 Å². The van der Waals surface area contributed by atoms with Gasteiger partial charge in [-0.1, -0.05) is 54.7 Å². The lowest BCUT2D eigenvalue weighted by Crippen LogP contribution is -2.61. The van der Waals surface area contributed by atoms with Gasteiger partial charge in [0.15, 0.2) is 0 Å². The van der Waals surface area contributed by atoms with Crippen LogP contribution in [0, 0.1) is 5.92 Å². The molecule has 0 aromatic heterocycles. The van der Waals surface area contributed by atoms with Crippen LogP contribution in [0.25, 0.3) is 0 Å². The van der Waals surface area contributed by atoms with Crippen molar-refractivity contribution in [3.05, 3.63) is 12.7 Å². The highest BCUT2D eigenvalue weighted by molar-refractivity contribution is 6.67. The number of hydrogen-bond donors (Lipinski definition) is 3. The fourth-order valence-corrected chi connectivity index (χ4v) is 3.49. The predicted octanol–water partition coefficient (Wildman–Crippen LogP) is 2.79. The van der Waals surface area contributed by atoms with Crippen molar-refractivity contribution in [2.75, 3.05) is 13.2 Å². The van der Waals surface area contributed by atoms with Crippen LogP contribution in [0.1, 0.15) is 59.3 Å². The van der Waals surface area contributed by atoms with Crippen molar-refractivity contribution in [2.45, 2.75) is 81.2 Å². The number of allylic oxidation sites excluding steroid dienone is 1. The first-order valence-electron chi connectivity index (χ1n) is 11.4. The van der Waals surface area contributed by atoms with Gasteiger partial charge in [0.2, 0.25) is 15.6 Å². The first-order valence-corrected chi connectivity index (χ1v) is 12.5. The lowest BCUT2D eigenvalue weighted by atomic mass is 10.0. The van der Waals surface area contributed by atoms with Gasteiger partial charge in [-0.3, -0.25) is 24.2 Å². The zero-order valence-electron chi connectivity index (χ0n) is 19.9. The SMILES string of the molecule is C=CCCCCC(=O)NC(C(=O)NC(C)C(=O)N1CCCC(C(=O)OCC(Cl)(Cl)Cl)N1)C(C)C. The number of unbranched alkanes of at least 4 members (excludes halogenated alkanes) is 2. The highest BCUT2D eigenvalue weighted by Gasteiger charge is 2.34. The van der Waals surface area contributed by atoms with E-state index in [0.29, 0.717) is 32.2 Å². The Morgan fingerprint density at radius 1 is 1.18 bits per heavy atom. The molecular weight excluding hydrogens is 507 g/mol. The Labute approximate surface area is 216 Å². The van der Waals surface area contributed by atoms with Crippen LogP contribution in [0.4, 0.5) is 0 Å². The average Bonchev–Trinajstić information content (AvgIpc) is 2.77. The number of carbonyl (C=O) groups excluding carboxylic acids is 4. The number of ether oxygens (including phenoxy) is 1. The van der Waals surface area contributed by atoms with E-state index < -0.39 is 46.3 Å². The Balaban J connectivity index is 2.63. The maximum absolute atomic E-state index is 12.9. The summed E-state index contributed by atoms with van der Waals surface area (Å²) in [4.78, 5) is 50.1. The maximum atomic E-state index is 12.9. The molecule has 0 spiro atoms. The van der Waals surface area contributed by atoms with Gasteiger partial charge in [-0.05, 0) is 44.9 Å². The number of rotatable bonds is 12. The molecule has 3 unspecified atom stereocenters. The third-order valence-corrected chi connectivity index (χ3v) is 5.50. The lowest BCUT2D eigenvalue weighted by molar-refractivity contribution is -0.152. The first-order chi connectivity index (χ1) is 15.9. The van der Waals surface area contributed by atoms with Crippen molar-refractivity contribution in [3.63, 3.8) is 0 Å². The molecule has 0 radical (unpaired) electrons. The minimum absolute atomic E-state index is 0.176. The number of nitrogens with one attached hydrogen (secondary N) is 3. The molecule has 0 aromatic rings. The summed E-state index contributed by atoms with van der Waals surface area (Å²) in [5.41, 5.74) is 2.81. The van der Waals surface area contributed by atoms with Gasteiger partial charge in [0.1, 0.15) is 24.7 Å². The van der Waals surface area contributed by atoms with Gasteiger partial charge in [0.05, 0.1) is 0 Å². The van der Waals surface area contributed by atoms with Crippen LogP contribution in [-0.4, -0.2) is 63.8 Å². The quantitative estimate of drug-likeness (QED) is 0.151. The predicted molar refractivity (Wildman–Crippen MR) is 132 cm³/mol. The van der Waals surface area contributed by atoms with Crippen LogP contribution in [0.2, 0.25) is 0 Å². The minimum Gasteiger partial charge on any atom is -0.460 e. The molecule has 34 heavy (non-hydrogen) atoms. The van der Waals surface area contributed by atoms with Gasteiger partial charge >= 0.3 is 5.97 Å². The van der Waals surface area contributed by atoms with Gasteiger partial charge in [-0.25, -0.2) is 5.43 Å². The molecule has 0 aromatic carbocycles. The molecule has 1 rings (SSSR count). The number of hydrazine groups is 1. The number of alkyl halides is 3. The number of esters is 1. The molecule has 1 aliphatic rings. The fourth-order valence-electron chi connectivity index (χ4n) is 3.32. The first kappa shape index (κ1) is 30.5. The summed E-state index contributed by atoms with van der Waals surface area (Å²) in [5, 5.41) is 6.69. The van der Waals surface area contributed by atoms with Gasteiger partial charge < -0.3 is 15.4 Å². The Kier molecular flexibility index (Phi) is 13.2. The maximum Gasteiger partial charge on any atom is 0.325 e. The number of amides is 3. The summed E-state index contributed by atoms with van der Waals surface area (Å²) < 4.78 is 3.26. The van der Waals surface area contributed by atoms with Crippen molar-refractivity contribution >= 4 is 58.5 Å². The average molecular weight is 542 g/mol. The fraction of sp³-hybridized carbons (Fsp3) is 0.727. The molecule has 3 N–H and O–H groups in total. The zero-order valence-corrected chi connectivity index (χ0v) is 22.1. The van der Waals surface area contributed by atoms with E-state index in [4.69, 9.17) is 39.5 Å². The van der Waals surface area contributed by atoms with Crippen LogP contribution in [0.3, 0.4) is 0 Å². The monoisotopic (exact) mass is 540 g/mol. The number of nitrogens with zero attached hydrogens (tertiary/aromatic N) is 1. The topological polar surface area (TPSA) is 117 Å². The molecule has 0 bridgehead atoms. The van der Waals surface area contributed by atoms with Crippen molar-refractivity contribution in [3.8, 4) is 0 Å². The summed E-state index contributed by atoms with van der Waals surface area (Å²) in [7, 11) is 0. The molecule has 0 saturated carbocycles. The third-order valence-electron chi connectivity index (χ3n) is 5.17. The van der Waals surface area contributed by atoms with Crippen LogP contribution < -0.4 is 16.1 Å². The normalized spacial score (nSPS) is 18.1. The lowest BCUT2D eigenvalue weighted by Gasteiger charge is -2.34. The molecule has 1 saturated heterocycles. The molecule has 194 valence electrons. The molecule has 0 aliphatic carbocycles. The summed E-state index contributed by atoms with van der Waals surface area (Å²) in [6.45, 7) is 8.76. The molecule has 3 atom stereocenters. The summed E-state index contributed by atoms with van der Waals surface area (Å²) in [5.74, 6) is -1.91. The Morgan fingerprint density at radius 2 is 1.85 bits per heavy atom. The van der Waals surface area contributed by atoms with Gasteiger partial charge in [-0.2, -0.15) is 0 Å². The number of carbonyl (C=O) groups is 4. The van der Waals surface area contributed by atoms with Crippen LogP contribution in [-0.2, 0) is 23.9 Å². The molecule has 9 nitrogen and oxygen atoms in total. The van der Waals surface area contributed by atoms with E-state index in [1.54, 1.807) is 13.0 Å². The van der Waals surface area contributed by atoms with Crippen LogP contribution in [0.5, 0.6) is 0 Å². The van der Waals surface area contributed by atoms with E-state index in [1.165, 1.54) is 5.01 Å². The molecule has 1 aliphatic heterocycles. The zero-order chi connectivity index (χ0) is 25.9. The van der Waals surface area contributed by atoms with Crippen molar-refractivity contribution in [1.29, 1.82) is 0 Å². The highest BCUT2D eigenvalue weighted by Crippen LogP contribution is 2.26. The summed E-state index contributed by atoms with van der Waals surface area (Å²) >= 11 is 16.8. The smallest absolute Gasteiger partial charge is 0.325 e. The molecule has 1 fully saturated rings. The second-order valence-corrected chi connectivity index (χ2v) is 11.1. The van der Waals surface area contributed by atoms with Crippen molar-refractivity contribution in [2.24, 2.45) is 5.92 Å². The van der Waals surface area contributed by atoms with Gasteiger partial charge in [0, 0.05) is 13.0 Å². The van der Waals surface area contributed by atoms with Crippen molar-refractivity contribution < 1.29 is 23.9 Å². The van der Waals surface area contributed by atoms with E-state index in [-0.39, 0.29) is 11.8 Å². The van der Waals surface area contributed by atoms with E-state index in [2.05, 4.69) is 22.6 Å². The summed E-state index contributed by atoms with van der Waals surface area (Å²) in [6, 6.07) is -2.44. The second-order valence-electron chi connectivity index (χ2n) is 8.59. The van der Waals surface area contributed by atoms with E-state index in [9.17, 15) is 19.2 Å². The summed E-state index contributed by atoms with van der Waals surface area (Å²) in [6.07, 6.45) is 5.48. The van der Waals surface area contributed by atoms with Gasteiger partial charge in [-0.15, -0.1) is 6.58 Å². The largest absolute Gasteiger partial charge is 0.460 e. The molecule has 12 heteroatoms. The van der Waals surface area contributed by atoms with Crippen molar-refractivity contribution in [1.82, 2.24) is 21.1 Å². The molecular formula is C22H35Cl3N4O5. The standard InChI is InChI=1S/C22H35Cl3N4O5/c1-5-6-7-8-11-17(30)27-18(14(2)3)19(31)26-15(4)20(32)29-12-9-10-16(28-29)21(33)34-13-22(23,24)25/h5,14-16,18,28H,1,6-13H2,2-4H3,(H,26,31)(H,27,30). The molecule has 3 amide bonds. The van der Waals surface area contributed by atoms with E-state index in [1.807, 2.05) is 13.8 Å². The van der Waals surface area contributed by atoms with E-state index in [0.717, 1.165) is 12.8 Å². The number of halogens is 3. The highest BCUT2D eigenvalue weighted by atomic mass is 35.6. The van der Waals surface area contributed by atoms with Gasteiger partial charge in [0.25, 0.3) is 5.91 Å². The second kappa shape index (κ2) is 14.8. The molecule has 1 heterocycles. The minimum atomic E-state index is -1.73. The van der Waals surface area contributed by atoms with E-state index >= 15 is 0 Å². The Bertz CT molecular complexity index is 730. The Morgan fingerprint density at radius 3 is 2.44 bits per heavy atom. The van der Waals surface area contributed by atoms with Crippen LogP contribution in [0.15, 0.2) is 12.7 Å².